The Morgan fingerprint density at radius 1 is 1.42 bits per heavy atom. The number of anilines is 2. The van der Waals surface area contributed by atoms with Crippen LogP contribution >= 0.6 is 0 Å². The fourth-order valence-corrected chi connectivity index (χ4v) is 1.64. The molecule has 0 heterocycles. The van der Waals surface area contributed by atoms with E-state index >= 15 is 0 Å². The number of amides is 2. The van der Waals surface area contributed by atoms with Gasteiger partial charge in [-0.1, -0.05) is 12.1 Å². The number of carbonyl (C=O) groups is 1. The van der Waals surface area contributed by atoms with Crippen LogP contribution in [0.15, 0.2) is 24.3 Å². The fourth-order valence-electron chi connectivity index (χ4n) is 1.64. The van der Waals surface area contributed by atoms with Crippen LogP contribution < -0.4 is 15.5 Å². The minimum Gasteiger partial charge on any atom is -0.393 e. The van der Waals surface area contributed by atoms with Crippen molar-refractivity contribution in [3.63, 3.8) is 0 Å². The van der Waals surface area contributed by atoms with Crippen LogP contribution in [0.5, 0.6) is 0 Å². The molecule has 0 fully saturated rings. The van der Waals surface area contributed by atoms with E-state index in [4.69, 9.17) is 5.11 Å². The monoisotopic (exact) mass is 265 g/mol. The van der Waals surface area contributed by atoms with Gasteiger partial charge in [0.25, 0.3) is 0 Å². The van der Waals surface area contributed by atoms with Gasteiger partial charge in [0.15, 0.2) is 0 Å². The lowest BCUT2D eigenvalue weighted by molar-refractivity contribution is 0.184. The molecule has 5 heteroatoms. The lowest BCUT2D eigenvalue weighted by atomic mass is 10.2. The van der Waals surface area contributed by atoms with E-state index in [0.717, 1.165) is 17.9 Å². The van der Waals surface area contributed by atoms with Crippen LogP contribution in [0, 0.1) is 0 Å². The number of benzene rings is 1. The molecule has 1 rings (SSSR count). The summed E-state index contributed by atoms with van der Waals surface area (Å²) >= 11 is 0. The standard InChI is InChI=1S/C14H23N3O2/c1-4-17(3)13-8-6-5-7-12(13)16-14(19)15-10-9-11(2)18/h5-8,11,18H,4,9-10H2,1-3H3,(H2,15,16,19). The van der Waals surface area contributed by atoms with E-state index in [1.54, 1.807) is 6.92 Å². The summed E-state index contributed by atoms with van der Waals surface area (Å²) < 4.78 is 0. The van der Waals surface area contributed by atoms with Crippen LogP contribution in [0.3, 0.4) is 0 Å². The van der Waals surface area contributed by atoms with Gasteiger partial charge < -0.3 is 20.6 Å². The van der Waals surface area contributed by atoms with Crippen LogP contribution in [0.2, 0.25) is 0 Å². The van der Waals surface area contributed by atoms with Crippen LogP contribution in [0.25, 0.3) is 0 Å². The number of rotatable bonds is 6. The molecule has 1 atom stereocenters. The van der Waals surface area contributed by atoms with Gasteiger partial charge in [-0.05, 0) is 32.4 Å². The normalized spacial score (nSPS) is 11.8. The number of nitrogens with one attached hydrogen (secondary N) is 2. The van der Waals surface area contributed by atoms with Gasteiger partial charge in [0, 0.05) is 20.1 Å². The Balaban J connectivity index is 2.59. The first kappa shape index (κ1) is 15.3. The average Bonchev–Trinajstić information content (AvgIpc) is 2.38. The highest BCUT2D eigenvalue weighted by molar-refractivity contribution is 5.93. The molecule has 0 aliphatic carbocycles. The summed E-state index contributed by atoms with van der Waals surface area (Å²) in [7, 11) is 1.98. The highest BCUT2D eigenvalue weighted by atomic mass is 16.3. The summed E-state index contributed by atoms with van der Waals surface area (Å²) in [5.74, 6) is 0. The molecule has 19 heavy (non-hydrogen) atoms. The van der Waals surface area contributed by atoms with E-state index in [9.17, 15) is 4.79 Å². The first-order chi connectivity index (χ1) is 9.04. The van der Waals surface area contributed by atoms with E-state index in [1.165, 1.54) is 0 Å². The van der Waals surface area contributed by atoms with Crippen molar-refractivity contribution >= 4 is 17.4 Å². The van der Waals surface area contributed by atoms with Gasteiger partial charge in [0.2, 0.25) is 0 Å². The smallest absolute Gasteiger partial charge is 0.319 e. The van der Waals surface area contributed by atoms with Crippen molar-refractivity contribution in [3.05, 3.63) is 24.3 Å². The van der Waals surface area contributed by atoms with E-state index in [-0.39, 0.29) is 6.03 Å². The van der Waals surface area contributed by atoms with Gasteiger partial charge in [-0.25, -0.2) is 4.79 Å². The average molecular weight is 265 g/mol. The Kier molecular flexibility index (Phi) is 6.15. The van der Waals surface area contributed by atoms with Crippen molar-refractivity contribution < 1.29 is 9.90 Å². The Bertz CT molecular complexity index is 407. The number of hydrogen-bond donors (Lipinski definition) is 3. The number of aliphatic hydroxyl groups is 1. The van der Waals surface area contributed by atoms with Gasteiger partial charge in [-0.15, -0.1) is 0 Å². The molecule has 0 saturated heterocycles. The van der Waals surface area contributed by atoms with Crippen molar-refractivity contribution in [2.24, 2.45) is 0 Å². The maximum absolute atomic E-state index is 11.7. The second-order valence-corrected chi connectivity index (χ2v) is 4.55. The third-order valence-electron chi connectivity index (χ3n) is 2.89. The lowest BCUT2D eigenvalue weighted by Gasteiger charge is -2.21. The van der Waals surface area contributed by atoms with Gasteiger partial charge in [0.05, 0.1) is 17.5 Å². The number of hydrogen-bond acceptors (Lipinski definition) is 3. The predicted molar refractivity (Wildman–Crippen MR) is 78.7 cm³/mol. The second kappa shape index (κ2) is 7.63. The zero-order valence-corrected chi connectivity index (χ0v) is 11.8. The molecule has 0 bridgehead atoms. The van der Waals surface area contributed by atoms with Crippen molar-refractivity contribution in [1.29, 1.82) is 0 Å². The van der Waals surface area contributed by atoms with Crippen LogP contribution in [-0.4, -0.2) is 37.4 Å². The third kappa shape index (κ3) is 5.18. The second-order valence-electron chi connectivity index (χ2n) is 4.55. The number of nitrogens with zero attached hydrogens (tertiary/aromatic N) is 1. The number of carbonyl (C=O) groups excluding carboxylic acids is 1. The van der Waals surface area contributed by atoms with Gasteiger partial charge in [-0.3, -0.25) is 0 Å². The Morgan fingerprint density at radius 3 is 2.74 bits per heavy atom. The van der Waals surface area contributed by atoms with Crippen molar-refractivity contribution in [2.75, 3.05) is 30.4 Å². The Hall–Kier alpha value is -1.75. The summed E-state index contributed by atoms with van der Waals surface area (Å²) in [4.78, 5) is 13.8. The summed E-state index contributed by atoms with van der Waals surface area (Å²) in [6, 6.07) is 7.42. The summed E-state index contributed by atoms with van der Waals surface area (Å²) in [5.41, 5.74) is 1.76. The van der Waals surface area contributed by atoms with Gasteiger partial charge in [-0.2, -0.15) is 0 Å². The topological polar surface area (TPSA) is 64.6 Å². The molecule has 0 aromatic heterocycles. The summed E-state index contributed by atoms with van der Waals surface area (Å²) in [6.45, 7) is 5.07. The Morgan fingerprint density at radius 2 is 2.11 bits per heavy atom. The number of aliphatic hydroxyl groups excluding tert-OH is 1. The lowest BCUT2D eigenvalue weighted by Crippen LogP contribution is -2.31. The molecule has 106 valence electrons. The Labute approximate surface area is 114 Å². The minimum absolute atomic E-state index is 0.252. The number of para-hydroxylation sites is 2. The van der Waals surface area contributed by atoms with Gasteiger partial charge >= 0.3 is 6.03 Å². The van der Waals surface area contributed by atoms with E-state index in [1.807, 2.05) is 31.3 Å². The fraction of sp³-hybridized carbons (Fsp3) is 0.500. The molecule has 5 nitrogen and oxygen atoms in total. The quantitative estimate of drug-likeness (QED) is 0.737. The van der Waals surface area contributed by atoms with E-state index < -0.39 is 6.10 Å². The predicted octanol–water partition coefficient (Wildman–Crippen LogP) is 2.04. The SMILES string of the molecule is CCN(C)c1ccccc1NC(=O)NCCC(C)O. The molecular weight excluding hydrogens is 242 g/mol. The largest absolute Gasteiger partial charge is 0.393 e. The minimum atomic E-state index is -0.404. The molecule has 1 aromatic carbocycles. The molecule has 2 amide bonds. The molecule has 1 aromatic rings. The van der Waals surface area contributed by atoms with E-state index in [2.05, 4.69) is 22.5 Å². The van der Waals surface area contributed by atoms with Gasteiger partial charge in [0.1, 0.15) is 0 Å². The molecule has 0 aliphatic heterocycles. The van der Waals surface area contributed by atoms with Crippen molar-refractivity contribution in [1.82, 2.24) is 5.32 Å². The first-order valence-corrected chi connectivity index (χ1v) is 6.57. The van der Waals surface area contributed by atoms with Crippen LogP contribution in [0.1, 0.15) is 20.3 Å². The zero-order valence-electron chi connectivity index (χ0n) is 11.8. The van der Waals surface area contributed by atoms with Crippen molar-refractivity contribution in [2.45, 2.75) is 26.4 Å². The highest BCUT2D eigenvalue weighted by Crippen LogP contribution is 2.23. The zero-order chi connectivity index (χ0) is 14.3. The maximum Gasteiger partial charge on any atom is 0.319 e. The molecule has 1 unspecified atom stereocenters. The summed E-state index contributed by atoms with van der Waals surface area (Å²) in [6.07, 6.45) is 0.142. The van der Waals surface area contributed by atoms with Crippen LogP contribution in [0.4, 0.5) is 16.2 Å². The van der Waals surface area contributed by atoms with E-state index in [0.29, 0.717) is 13.0 Å². The molecule has 3 N–H and O–H groups in total. The molecular formula is C14H23N3O2. The molecule has 0 saturated carbocycles. The molecule has 0 spiro atoms. The first-order valence-electron chi connectivity index (χ1n) is 6.57. The summed E-state index contributed by atoms with van der Waals surface area (Å²) in [5, 5.41) is 14.7. The molecule has 0 aliphatic rings. The maximum atomic E-state index is 11.7. The third-order valence-corrected chi connectivity index (χ3v) is 2.89. The van der Waals surface area contributed by atoms with Crippen molar-refractivity contribution in [3.8, 4) is 0 Å². The number of urea groups is 1. The van der Waals surface area contributed by atoms with Crippen LogP contribution in [-0.2, 0) is 0 Å². The highest BCUT2D eigenvalue weighted by Gasteiger charge is 2.08. The molecule has 0 radical (unpaired) electrons.